The molecule has 0 aliphatic rings. The third kappa shape index (κ3) is 4.63. The smallest absolute Gasteiger partial charge is 0.136 e. The van der Waals surface area contributed by atoms with Crippen LogP contribution in [0.25, 0.3) is 127 Å². The number of para-hydroxylation sites is 3. The van der Waals surface area contributed by atoms with Crippen LogP contribution in [0.3, 0.4) is 0 Å². The van der Waals surface area contributed by atoms with Gasteiger partial charge in [0.1, 0.15) is 33.5 Å². The van der Waals surface area contributed by atoms with E-state index in [2.05, 4.69) is 180 Å². The Bertz CT molecular complexity index is 3800. The average molecular weight is 742 g/mol. The maximum atomic E-state index is 6.53. The Labute approximate surface area is 331 Å². The van der Waals surface area contributed by atoms with Gasteiger partial charge in [-0.25, -0.2) is 0 Å². The zero-order valence-corrected chi connectivity index (χ0v) is 31.1. The van der Waals surface area contributed by atoms with Gasteiger partial charge in [-0.05, 0) is 124 Å². The third-order valence-corrected chi connectivity index (χ3v) is 12.0. The van der Waals surface area contributed by atoms with Gasteiger partial charge in [-0.15, -0.1) is 0 Å². The van der Waals surface area contributed by atoms with Crippen LogP contribution in [0.4, 0.5) is 0 Å². The zero-order chi connectivity index (χ0) is 37.9. The molecule has 0 aliphatic carbocycles. The van der Waals surface area contributed by atoms with E-state index in [4.69, 9.17) is 13.3 Å². The molecule has 0 N–H and O–H groups in total. The van der Waals surface area contributed by atoms with E-state index in [0.717, 1.165) is 105 Å². The van der Waals surface area contributed by atoms with Gasteiger partial charge in [0.2, 0.25) is 0 Å². The van der Waals surface area contributed by atoms with E-state index >= 15 is 0 Å². The Morgan fingerprint density at radius 2 is 0.672 bits per heavy atom. The minimum atomic E-state index is 0.845. The number of nitrogens with zero attached hydrogens (tertiary/aromatic N) is 1. The highest BCUT2D eigenvalue weighted by molar-refractivity contribution is 6.16. The molecule has 0 fully saturated rings. The molecule has 0 saturated carbocycles. The molecular weight excluding hydrogens is 711 g/mol. The number of furan rings is 3. The Morgan fingerprint density at radius 3 is 1.31 bits per heavy atom. The molecule has 4 nitrogen and oxygen atoms in total. The van der Waals surface area contributed by atoms with Crippen LogP contribution < -0.4 is 0 Å². The normalized spacial score (nSPS) is 12.1. The van der Waals surface area contributed by atoms with Crippen LogP contribution in [0.15, 0.2) is 201 Å². The van der Waals surface area contributed by atoms with Gasteiger partial charge >= 0.3 is 0 Å². The summed E-state index contributed by atoms with van der Waals surface area (Å²) in [6, 6.07) is 66.7. The van der Waals surface area contributed by atoms with Crippen molar-refractivity contribution >= 4 is 87.6 Å². The number of aromatic nitrogens is 1. The molecule has 0 amide bonds. The lowest BCUT2D eigenvalue weighted by Crippen LogP contribution is -1.92. The van der Waals surface area contributed by atoms with Crippen molar-refractivity contribution in [1.82, 2.24) is 4.57 Å². The van der Waals surface area contributed by atoms with Crippen molar-refractivity contribution in [3.8, 4) is 39.1 Å². The molecular formula is C54H31NO3. The van der Waals surface area contributed by atoms with E-state index < -0.39 is 0 Å². The molecule has 4 aromatic heterocycles. The Kier molecular flexibility index (Phi) is 6.41. The SMILES string of the molecule is c1ccc(-n2c3ccccc3c3cc(-c4ccc5oc6cc7c(cc6c5c4)oc4ccc(-c5cccc(-c6ccc8oc9ccccc9c8c6)c5)cc47)ccc32)cc1. The van der Waals surface area contributed by atoms with Crippen LogP contribution >= 0.6 is 0 Å². The van der Waals surface area contributed by atoms with Crippen molar-refractivity contribution in [2.45, 2.75) is 0 Å². The van der Waals surface area contributed by atoms with Crippen molar-refractivity contribution in [2.24, 2.45) is 0 Å². The fraction of sp³-hybridized carbons (Fsp3) is 0. The maximum Gasteiger partial charge on any atom is 0.136 e. The van der Waals surface area contributed by atoms with E-state index in [9.17, 15) is 0 Å². The summed E-state index contributed by atoms with van der Waals surface area (Å²) in [5.74, 6) is 0. The summed E-state index contributed by atoms with van der Waals surface area (Å²) >= 11 is 0. The molecule has 0 radical (unpaired) electrons. The summed E-state index contributed by atoms with van der Waals surface area (Å²) in [5.41, 5.74) is 15.7. The van der Waals surface area contributed by atoms with Crippen LogP contribution in [0.5, 0.6) is 0 Å². The monoisotopic (exact) mass is 741 g/mol. The molecule has 13 rings (SSSR count). The molecule has 58 heavy (non-hydrogen) atoms. The maximum absolute atomic E-state index is 6.53. The van der Waals surface area contributed by atoms with Crippen molar-refractivity contribution in [3.63, 3.8) is 0 Å². The molecule has 4 heteroatoms. The van der Waals surface area contributed by atoms with Crippen LogP contribution in [-0.4, -0.2) is 4.57 Å². The van der Waals surface area contributed by atoms with E-state index in [1.165, 1.54) is 21.8 Å². The van der Waals surface area contributed by atoms with E-state index in [0.29, 0.717) is 0 Å². The molecule has 4 heterocycles. The first-order valence-electron chi connectivity index (χ1n) is 19.6. The summed E-state index contributed by atoms with van der Waals surface area (Å²) in [7, 11) is 0. The first kappa shape index (κ1) is 31.4. The largest absolute Gasteiger partial charge is 0.456 e. The lowest BCUT2D eigenvalue weighted by atomic mass is 9.97. The van der Waals surface area contributed by atoms with Crippen molar-refractivity contribution in [1.29, 1.82) is 0 Å². The lowest BCUT2D eigenvalue weighted by molar-refractivity contribution is 0.664. The first-order chi connectivity index (χ1) is 28.7. The van der Waals surface area contributed by atoms with Crippen molar-refractivity contribution in [3.05, 3.63) is 188 Å². The van der Waals surface area contributed by atoms with Crippen molar-refractivity contribution < 1.29 is 13.3 Å². The summed E-state index contributed by atoms with van der Waals surface area (Å²) in [5, 5.41) is 8.95. The minimum absolute atomic E-state index is 0.845. The second-order valence-electron chi connectivity index (χ2n) is 15.3. The Morgan fingerprint density at radius 1 is 0.241 bits per heavy atom. The molecule has 0 bridgehead atoms. The number of benzene rings is 9. The van der Waals surface area contributed by atoms with Crippen LogP contribution in [0.2, 0.25) is 0 Å². The van der Waals surface area contributed by atoms with Gasteiger partial charge in [0.05, 0.1) is 11.0 Å². The zero-order valence-electron chi connectivity index (χ0n) is 31.1. The summed E-state index contributed by atoms with van der Waals surface area (Å²) < 4.78 is 21.5. The van der Waals surface area contributed by atoms with Gasteiger partial charge in [-0.1, -0.05) is 97.1 Å². The fourth-order valence-corrected chi connectivity index (χ4v) is 9.20. The molecule has 0 saturated heterocycles. The van der Waals surface area contributed by atoms with Gasteiger partial charge < -0.3 is 17.8 Å². The standard InChI is InChI=1S/C54H31NO3/c1-2-11-38(12-3-1)55-47-15-6-4-13-39(47)41-26-34(17-21-48(41)55)37-20-24-52-44(29-37)46-31-53-45(30-54(46)58-52)43-28-36(19-23-51(43)57-53)33-10-8-9-32(25-33)35-18-22-50-42(27-35)40-14-5-7-16-49(40)56-50/h1-31H. The Balaban J connectivity index is 0.889. The van der Waals surface area contributed by atoms with Crippen LogP contribution in [0.1, 0.15) is 0 Å². The highest BCUT2D eigenvalue weighted by Gasteiger charge is 2.17. The highest BCUT2D eigenvalue weighted by atomic mass is 16.3. The summed E-state index contributed by atoms with van der Waals surface area (Å²) in [4.78, 5) is 0. The van der Waals surface area contributed by atoms with Gasteiger partial charge in [0, 0.05) is 48.8 Å². The van der Waals surface area contributed by atoms with Crippen LogP contribution in [-0.2, 0) is 0 Å². The predicted octanol–water partition coefficient (Wildman–Crippen LogP) is 15.5. The topological polar surface area (TPSA) is 44.4 Å². The van der Waals surface area contributed by atoms with E-state index in [1.54, 1.807) is 0 Å². The lowest BCUT2D eigenvalue weighted by Gasteiger charge is -2.08. The molecule has 9 aromatic carbocycles. The Hall–Kier alpha value is -7.82. The van der Waals surface area contributed by atoms with E-state index in [1.807, 2.05) is 12.1 Å². The van der Waals surface area contributed by atoms with Gasteiger partial charge in [-0.2, -0.15) is 0 Å². The predicted molar refractivity (Wildman–Crippen MR) is 239 cm³/mol. The van der Waals surface area contributed by atoms with Gasteiger partial charge in [-0.3, -0.25) is 0 Å². The number of hydrogen-bond acceptors (Lipinski definition) is 3. The van der Waals surface area contributed by atoms with Crippen LogP contribution in [0, 0.1) is 0 Å². The number of fused-ring (bicyclic) bond motifs is 12. The first-order valence-corrected chi connectivity index (χ1v) is 19.6. The van der Waals surface area contributed by atoms with Crippen molar-refractivity contribution in [2.75, 3.05) is 0 Å². The molecule has 0 atom stereocenters. The van der Waals surface area contributed by atoms with Gasteiger partial charge in [0.25, 0.3) is 0 Å². The minimum Gasteiger partial charge on any atom is -0.456 e. The summed E-state index contributed by atoms with van der Waals surface area (Å²) in [6.45, 7) is 0. The van der Waals surface area contributed by atoms with Gasteiger partial charge in [0.15, 0.2) is 0 Å². The second kappa shape index (κ2) is 11.8. The number of hydrogen-bond donors (Lipinski definition) is 0. The fourth-order valence-electron chi connectivity index (χ4n) is 9.20. The third-order valence-electron chi connectivity index (χ3n) is 12.0. The number of rotatable bonds is 4. The molecule has 13 aromatic rings. The quantitative estimate of drug-likeness (QED) is 0.180. The molecule has 0 spiro atoms. The highest BCUT2D eigenvalue weighted by Crippen LogP contribution is 2.41. The summed E-state index contributed by atoms with van der Waals surface area (Å²) in [6.07, 6.45) is 0. The molecule has 0 unspecified atom stereocenters. The molecule has 0 aliphatic heterocycles. The molecule has 270 valence electrons. The second-order valence-corrected chi connectivity index (χ2v) is 15.3. The average Bonchev–Trinajstić information content (AvgIpc) is 4.03. The van der Waals surface area contributed by atoms with E-state index in [-0.39, 0.29) is 0 Å².